The number of ether oxygens (including phenoxy) is 4. The van der Waals surface area contributed by atoms with Crippen LogP contribution >= 0.6 is 0 Å². The number of fused-ring (bicyclic) bond motifs is 4. The van der Waals surface area contributed by atoms with Crippen LogP contribution in [-0.2, 0) is 28.5 Å². The number of piperidine rings is 2. The van der Waals surface area contributed by atoms with E-state index in [0.29, 0.717) is 5.82 Å². The summed E-state index contributed by atoms with van der Waals surface area (Å²) in [4.78, 5) is 77.4. The van der Waals surface area contributed by atoms with E-state index in [1.165, 1.54) is 28.4 Å². The van der Waals surface area contributed by atoms with Gasteiger partial charge in [-0.1, -0.05) is 24.3 Å². The van der Waals surface area contributed by atoms with Gasteiger partial charge in [0.15, 0.2) is 0 Å². The van der Waals surface area contributed by atoms with E-state index in [-0.39, 0.29) is 47.8 Å². The first kappa shape index (κ1) is 40.9. The highest BCUT2D eigenvalue weighted by Crippen LogP contribution is 2.51. The number of imidazole rings is 2. The van der Waals surface area contributed by atoms with Gasteiger partial charge < -0.3 is 49.3 Å². The Bertz CT molecular complexity index is 2040. The molecule has 0 unspecified atom stereocenters. The topological polar surface area (TPSA) is 206 Å². The molecule has 0 spiro atoms. The molecule has 2 aliphatic heterocycles. The third-order valence-electron chi connectivity index (χ3n) is 13.1. The van der Waals surface area contributed by atoms with Crippen LogP contribution in [0.15, 0.2) is 55.0 Å². The first-order valence-electron chi connectivity index (χ1n) is 20.6. The Morgan fingerprint density at radius 2 is 1.07 bits per heavy atom. The predicted octanol–water partition coefficient (Wildman–Crippen LogP) is 5.15. The second-order valence-electron chi connectivity index (χ2n) is 16.3. The Morgan fingerprint density at radius 3 is 1.50 bits per heavy atom. The molecule has 4 bridgehead atoms. The summed E-state index contributed by atoms with van der Waals surface area (Å²) < 4.78 is 20.6. The lowest BCUT2D eigenvalue weighted by Gasteiger charge is -2.37. The number of rotatable bonds is 13. The summed E-state index contributed by atoms with van der Waals surface area (Å²) in [5.74, 6) is 1.51. The zero-order valence-corrected chi connectivity index (χ0v) is 34.7. The number of amides is 4. The zero-order chi connectivity index (χ0) is 42.2. The van der Waals surface area contributed by atoms with E-state index >= 15 is 0 Å². The lowest BCUT2D eigenvalue weighted by molar-refractivity contribution is -0.142. The van der Waals surface area contributed by atoms with E-state index in [9.17, 15) is 19.2 Å². The highest BCUT2D eigenvalue weighted by molar-refractivity contribution is 5.88. The van der Waals surface area contributed by atoms with Gasteiger partial charge in [0.2, 0.25) is 11.8 Å². The van der Waals surface area contributed by atoms with Crippen LogP contribution in [0.4, 0.5) is 9.59 Å². The molecule has 3 aromatic heterocycles. The minimum atomic E-state index is -0.903. The number of alkyl carbamates (subject to hydrolysis) is 2. The molecule has 4 amide bonds. The number of hydrogen-bond donors (Lipinski definition) is 4. The third-order valence-corrected chi connectivity index (χ3v) is 13.1. The molecule has 2 saturated carbocycles. The number of nitrogens with one attached hydrogen (secondary N) is 4. The van der Waals surface area contributed by atoms with Crippen LogP contribution in [-0.4, -0.2) is 124 Å². The Kier molecular flexibility index (Phi) is 11.6. The molecule has 0 radical (unpaired) electrons. The molecule has 2 saturated heterocycles. The Hall–Kier alpha value is -5.81. The average Bonchev–Trinajstić information content (AvgIpc) is 4.16. The van der Waals surface area contributed by atoms with Crippen molar-refractivity contribution in [3.63, 3.8) is 0 Å². The Morgan fingerprint density at radius 1 is 0.617 bits per heavy atom. The van der Waals surface area contributed by atoms with Crippen molar-refractivity contribution in [2.45, 2.75) is 101 Å². The van der Waals surface area contributed by atoms with Gasteiger partial charge in [0.25, 0.3) is 0 Å². The molecule has 17 nitrogen and oxygen atoms in total. The molecule has 4 aromatic rings. The van der Waals surface area contributed by atoms with Crippen molar-refractivity contribution >= 4 is 24.0 Å². The van der Waals surface area contributed by atoms with Crippen molar-refractivity contribution in [3.8, 4) is 33.8 Å². The lowest BCUT2D eigenvalue weighted by Crippen LogP contribution is -2.56. The average molecular weight is 824 g/mol. The second kappa shape index (κ2) is 17.0. The van der Waals surface area contributed by atoms with Crippen LogP contribution in [0.1, 0.15) is 76.1 Å². The van der Waals surface area contributed by atoms with Gasteiger partial charge in [-0.3, -0.25) is 14.6 Å². The van der Waals surface area contributed by atoms with Gasteiger partial charge in [-0.25, -0.2) is 19.6 Å². The second-order valence-corrected chi connectivity index (χ2v) is 16.3. The normalized spacial score (nSPS) is 24.8. The van der Waals surface area contributed by atoms with Crippen molar-refractivity contribution < 1.29 is 38.1 Å². The monoisotopic (exact) mass is 823 g/mol. The molecular formula is C43H53N9O8. The number of nitrogens with zero attached hydrogens (tertiary/aromatic N) is 5. The number of likely N-dealkylation sites (tertiary alicyclic amines) is 2. The number of aromatic nitrogens is 5. The van der Waals surface area contributed by atoms with Gasteiger partial charge >= 0.3 is 12.2 Å². The van der Waals surface area contributed by atoms with E-state index < -0.39 is 36.5 Å². The van der Waals surface area contributed by atoms with Crippen molar-refractivity contribution in [3.05, 3.63) is 66.6 Å². The summed E-state index contributed by atoms with van der Waals surface area (Å²) in [7, 11) is 5.56. The van der Waals surface area contributed by atoms with Crippen LogP contribution in [0.3, 0.4) is 0 Å². The molecule has 4 N–H and O–H groups in total. The van der Waals surface area contributed by atoms with Gasteiger partial charge in [0.1, 0.15) is 23.7 Å². The molecule has 2 aliphatic carbocycles. The molecular weight excluding hydrogens is 771 g/mol. The summed E-state index contributed by atoms with van der Waals surface area (Å²) in [5.41, 5.74) is 5.16. The Balaban J connectivity index is 0.953. The summed E-state index contributed by atoms with van der Waals surface area (Å²) in [6.45, 7) is 3.51. The summed E-state index contributed by atoms with van der Waals surface area (Å²) in [6, 6.07) is 9.85. The number of aromatic amines is 2. The molecule has 8 rings (SSSR count). The maximum absolute atomic E-state index is 14.0. The first-order chi connectivity index (χ1) is 29.0. The SMILES string of the molecule is COC(=O)N[C@H](C(=O)N1[C@@H]2CC[C@H](C2)[C@H]1c1ncc(-c2ccc(-c3ccc(-c4cnc([C@@H]5[C@@H]6CC[C@H](C6)N5C(=O)[C@@H](NC(=O)OC)[C@H](C)OC)[nH]4)cn3)cc2)[nH]1)[C@H](C)OC. The minimum absolute atomic E-state index is 0.0552. The smallest absolute Gasteiger partial charge is 0.407 e. The third kappa shape index (κ3) is 7.59. The molecule has 1 aromatic carbocycles. The van der Waals surface area contributed by atoms with Crippen LogP contribution in [0.5, 0.6) is 0 Å². The Labute approximate surface area is 348 Å². The number of carbonyl (C=O) groups excluding carboxylic acids is 4. The maximum atomic E-state index is 14.0. The van der Waals surface area contributed by atoms with E-state index in [4.69, 9.17) is 33.9 Å². The van der Waals surface area contributed by atoms with Crippen molar-refractivity contribution in [1.82, 2.24) is 45.4 Å². The summed E-state index contributed by atoms with van der Waals surface area (Å²) in [5, 5.41) is 5.35. The fraction of sp³-hybridized carbons (Fsp3) is 0.512. The molecule has 318 valence electrons. The van der Waals surface area contributed by atoms with Crippen LogP contribution in [0.25, 0.3) is 33.8 Å². The fourth-order valence-corrected chi connectivity index (χ4v) is 9.85. The zero-order valence-electron chi connectivity index (χ0n) is 34.7. The van der Waals surface area contributed by atoms with Gasteiger partial charge in [0, 0.05) is 43.6 Å². The van der Waals surface area contributed by atoms with Crippen LogP contribution < -0.4 is 10.6 Å². The first-order valence-corrected chi connectivity index (χ1v) is 20.6. The molecule has 5 heterocycles. The molecule has 17 heteroatoms. The van der Waals surface area contributed by atoms with E-state index in [2.05, 4.69) is 20.6 Å². The van der Waals surface area contributed by atoms with E-state index in [0.717, 1.165) is 78.1 Å². The highest BCUT2D eigenvalue weighted by Gasteiger charge is 2.53. The summed E-state index contributed by atoms with van der Waals surface area (Å²) in [6.07, 6.45) is 8.46. The number of carbonyl (C=O) groups is 4. The standard InChI is InChI=1S/C43H53N9O8/c1-22(57-3)34(49-42(55)59-5)40(53)51-29-14-11-26(17-29)36(51)38-45-20-32(47-38)25-9-7-24(8-10-25)31-16-13-28(19-44-31)33-21-46-39(48-33)37-27-12-15-30(18-27)52(37)41(54)35(23(2)58-4)50-43(56)60-6/h7-10,13,16,19-23,26-27,29-30,34-37H,11-12,14-15,17-18H2,1-6H3,(H,45,47)(H,46,48)(H,49,55)(H,50,56)/t22-,23-,26+,27+,29+,30+,34-,35-,36-,37-/m0/s1. The van der Waals surface area contributed by atoms with Crippen molar-refractivity contribution in [2.75, 3.05) is 28.4 Å². The van der Waals surface area contributed by atoms with Gasteiger partial charge in [-0.05, 0) is 81.9 Å². The van der Waals surface area contributed by atoms with E-state index in [1.54, 1.807) is 26.2 Å². The highest BCUT2D eigenvalue weighted by atomic mass is 16.5. The summed E-state index contributed by atoms with van der Waals surface area (Å²) >= 11 is 0. The quantitative estimate of drug-likeness (QED) is 0.139. The molecule has 4 aliphatic rings. The number of methoxy groups -OCH3 is 4. The van der Waals surface area contributed by atoms with Crippen LogP contribution in [0.2, 0.25) is 0 Å². The van der Waals surface area contributed by atoms with Gasteiger partial charge in [0.05, 0.1) is 68.0 Å². The van der Waals surface area contributed by atoms with Crippen molar-refractivity contribution in [2.24, 2.45) is 11.8 Å². The lowest BCUT2D eigenvalue weighted by atomic mass is 9.97. The predicted molar refractivity (Wildman–Crippen MR) is 218 cm³/mol. The number of pyridine rings is 1. The number of H-pyrrole nitrogens is 2. The molecule has 4 fully saturated rings. The molecule has 10 atom stereocenters. The number of hydrogen-bond acceptors (Lipinski definition) is 11. The molecule has 60 heavy (non-hydrogen) atoms. The van der Waals surface area contributed by atoms with E-state index in [1.807, 2.05) is 52.4 Å². The largest absolute Gasteiger partial charge is 0.453 e. The number of benzene rings is 1. The fourth-order valence-electron chi connectivity index (χ4n) is 9.85. The van der Waals surface area contributed by atoms with Gasteiger partial charge in [-0.15, -0.1) is 0 Å². The van der Waals surface area contributed by atoms with Crippen LogP contribution in [0, 0.1) is 11.8 Å². The minimum Gasteiger partial charge on any atom is -0.453 e. The van der Waals surface area contributed by atoms with Crippen molar-refractivity contribution in [1.29, 1.82) is 0 Å². The van der Waals surface area contributed by atoms with Gasteiger partial charge in [-0.2, -0.15) is 0 Å². The maximum Gasteiger partial charge on any atom is 0.407 e.